The van der Waals surface area contributed by atoms with Gasteiger partial charge < -0.3 is 5.73 Å². The molecule has 0 aromatic heterocycles. The average molecular weight is 239 g/mol. The van der Waals surface area contributed by atoms with Crippen molar-refractivity contribution in [2.75, 3.05) is 6.54 Å². The van der Waals surface area contributed by atoms with Crippen LogP contribution in [0.1, 0.15) is 53.9 Å². The fourth-order valence-electron chi connectivity index (χ4n) is 0.963. The minimum Gasteiger partial charge on any atom is -0.330 e. The summed E-state index contributed by atoms with van der Waals surface area (Å²) in [5.74, 6) is 0. The second-order valence-corrected chi connectivity index (χ2v) is 4.31. The van der Waals surface area contributed by atoms with E-state index in [-0.39, 0.29) is 0 Å². The number of hydrogen-bond acceptors (Lipinski definition) is 1. The minimum atomic E-state index is 0.322. The molecule has 102 valence electrons. The van der Waals surface area contributed by atoms with E-state index in [2.05, 4.69) is 27.0 Å². The maximum Gasteiger partial charge on any atom is -0.00258 e. The van der Waals surface area contributed by atoms with Gasteiger partial charge in [0, 0.05) is 0 Å². The van der Waals surface area contributed by atoms with Crippen molar-refractivity contribution in [3.63, 3.8) is 0 Å². The van der Waals surface area contributed by atoms with Crippen LogP contribution in [0.2, 0.25) is 0 Å². The fraction of sp³-hybridized carbons (Fsp3) is 0.625. The van der Waals surface area contributed by atoms with Gasteiger partial charge in [0.05, 0.1) is 0 Å². The Balaban J connectivity index is -0.000000236. The van der Waals surface area contributed by atoms with Crippen LogP contribution in [-0.4, -0.2) is 6.54 Å². The molecule has 0 aromatic carbocycles. The van der Waals surface area contributed by atoms with Crippen LogP contribution >= 0.6 is 0 Å². The van der Waals surface area contributed by atoms with Crippen molar-refractivity contribution >= 4 is 0 Å². The third-order valence-electron chi connectivity index (χ3n) is 2.14. The smallest absolute Gasteiger partial charge is 0.00258 e. The quantitative estimate of drug-likeness (QED) is 0.389. The van der Waals surface area contributed by atoms with Crippen LogP contribution in [-0.2, 0) is 0 Å². The zero-order valence-corrected chi connectivity index (χ0v) is 12.6. The Labute approximate surface area is 109 Å². The molecule has 1 nitrogen and oxygen atoms in total. The van der Waals surface area contributed by atoms with Crippen molar-refractivity contribution in [3.05, 3.63) is 37.5 Å². The zero-order valence-electron chi connectivity index (χ0n) is 12.6. The summed E-state index contributed by atoms with van der Waals surface area (Å²) in [6.07, 6.45) is 11.1. The highest BCUT2D eigenvalue weighted by molar-refractivity contribution is 4.94. The Morgan fingerprint density at radius 3 is 1.94 bits per heavy atom. The largest absolute Gasteiger partial charge is 0.330 e. The summed E-state index contributed by atoms with van der Waals surface area (Å²) in [6.45, 7) is 18.3. The monoisotopic (exact) mass is 239 g/mol. The summed E-state index contributed by atoms with van der Waals surface area (Å²) in [5, 5.41) is 0. The Bertz CT molecular complexity index is 178. The molecule has 0 atom stereocenters. The van der Waals surface area contributed by atoms with E-state index in [1.54, 1.807) is 6.08 Å². The molecule has 0 heterocycles. The standard InChI is InChI=1S/C9H19N.C5H8.C2H6/c1-4-5-6-7-9(2,3)8-10;1-3-5-4-2;1-2/h4H,1,5-8,10H2,2-3H3;3-5H,1H2,2H3;1-2H3/b;5-4-;. The Hall–Kier alpha value is -0.820. The van der Waals surface area contributed by atoms with Crippen LogP contribution in [0.15, 0.2) is 37.5 Å². The fourth-order valence-corrected chi connectivity index (χ4v) is 0.963. The van der Waals surface area contributed by atoms with Gasteiger partial charge in [-0.2, -0.15) is 0 Å². The first-order valence-corrected chi connectivity index (χ1v) is 6.58. The minimum absolute atomic E-state index is 0.322. The van der Waals surface area contributed by atoms with Crippen molar-refractivity contribution in [2.24, 2.45) is 11.1 Å². The van der Waals surface area contributed by atoms with Crippen molar-refractivity contribution < 1.29 is 0 Å². The van der Waals surface area contributed by atoms with E-state index in [1.807, 2.05) is 39.0 Å². The van der Waals surface area contributed by atoms with Crippen molar-refractivity contribution in [2.45, 2.75) is 53.9 Å². The Morgan fingerprint density at radius 2 is 1.71 bits per heavy atom. The highest BCUT2D eigenvalue weighted by Crippen LogP contribution is 2.20. The van der Waals surface area contributed by atoms with Gasteiger partial charge in [-0.25, -0.2) is 0 Å². The van der Waals surface area contributed by atoms with Gasteiger partial charge in [-0.05, 0) is 38.1 Å². The molecule has 0 saturated heterocycles. The van der Waals surface area contributed by atoms with E-state index < -0.39 is 0 Å². The first kappa shape index (κ1) is 21.5. The molecule has 1 heteroatoms. The third kappa shape index (κ3) is 25.4. The molecule has 0 rings (SSSR count). The second kappa shape index (κ2) is 17.6. The maximum atomic E-state index is 5.56. The number of rotatable bonds is 6. The molecular weight excluding hydrogens is 206 g/mol. The van der Waals surface area contributed by atoms with E-state index in [4.69, 9.17) is 5.73 Å². The van der Waals surface area contributed by atoms with Gasteiger partial charge in [0.1, 0.15) is 0 Å². The lowest BCUT2D eigenvalue weighted by molar-refractivity contribution is 0.338. The van der Waals surface area contributed by atoms with E-state index in [0.717, 1.165) is 13.0 Å². The SMILES string of the molecule is C=C/C=C\C.C=CCCCC(C)(C)CN.CC. The van der Waals surface area contributed by atoms with Gasteiger partial charge in [-0.3, -0.25) is 0 Å². The number of hydrogen-bond donors (Lipinski definition) is 1. The van der Waals surface area contributed by atoms with E-state index >= 15 is 0 Å². The molecule has 0 aliphatic carbocycles. The molecule has 0 bridgehead atoms. The summed E-state index contributed by atoms with van der Waals surface area (Å²) in [5.41, 5.74) is 5.89. The third-order valence-corrected chi connectivity index (χ3v) is 2.14. The summed E-state index contributed by atoms with van der Waals surface area (Å²) in [6, 6.07) is 0. The molecule has 0 unspecified atom stereocenters. The van der Waals surface area contributed by atoms with Crippen molar-refractivity contribution in [1.82, 2.24) is 0 Å². The lowest BCUT2D eigenvalue weighted by atomic mass is 9.87. The lowest BCUT2D eigenvalue weighted by Crippen LogP contribution is -2.23. The first-order valence-electron chi connectivity index (χ1n) is 6.58. The molecule has 0 amide bonds. The number of allylic oxidation sites excluding steroid dienone is 4. The van der Waals surface area contributed by atoms with Crippen LogP contribution in [0, 0.1) is 5.41 Å². The molecule has 0 radical (unpaired) electrons. The Morgan fingerprint density at radius 1 is 1.18 bits per heavy atom. The molecule has 0 aliphatic heterocycles. The number of nitrogens with two attached hydrogens (primary N) is 1. The van der Waals surface area contributed by atoms with Gasteiger partial charge >= 0.3 is 0 Å². The topological polar surface area (TPSA) is 26.0 Å². The summed E-state index contributed by atoms with van der Waals surface area (Å²) in [4.78, 5) is 0. The first-order chi connectivity index (χ1) is 8.04. The molecule has 0 aliphatic rings. The summed E-state index contributed by atoms with van der Waals surface area (Å²) < 4.78 is 0. The molecule has 0 saturated carbocycles. The van der Waals surface area contributed by atoms with E-state index in [0.29, 0.717) is 5.41 Å². The molecule has 0 spiro atoms. The van der Waals surface area contributed by atoms with Gasteiger partial charge in [0.2, 0.25) is 0 Å². The zero-order chi connectivity index (χ0) is 14.2. The van der Waals surface area contributed by atoms with Crippen LogP contribution in [0.3, 0.4) is 0 Å². The molecular formula is C16H33N. The predicted molar refractivity (Wildman–Crippen MR) is 83.2 cm³/mol. The van der Waals surface area contributed by atoms with E-state index in [9.17, 15) is 0 Å². The maximum absolute atomic E-state index is 5.56. The van der Waals surface area contributed by atoms with Gasteiger partial charge in [-0.1, -0.05) is 58.6 Å². The van der Waals surface area contributed by atoms with Gasteiger partial charge in [0.15, 0.2) is 0 Å². The average Bonchev–Trinajstić information content (AvgIpc) is 2.34. The normalized spacial score (nSPS) is 9.76. The van der Waals surface area contributed by atoms with E-state index in [1.165, 1.54) is 12.8 Å². The predicted octanol–water partition coefficient (Wildman–Crippen LogP) is 5.10. The van der Waals surface area contributed by atoms with Crippen molar-refractivity contribution in [1.29, 1.82) is 0 Å². The van der Waals surface area contributed by atoms with Gasteiger partial charge in [0.25, 0.3) is 0 Å². The molecule has 17 heavy (non-hydrogen) atoms. The molecule has 2 N–H and O–H groups in total. The lowest BCUT2D eigenvalue weighted by Gasteiger charge is -2.21. The van der Waals surface area contributed by atoms with Crippen LogP contribution in [0.5, 0.6) is 0 Å². The summed E-state index contributed by atoms with van der Waals surface area (Å²) in [7, 11) is 0. The summed E-state index contributed by atoms with van der Waals surface area (Å²) >= 11 is 0. The molecule has 0 aromatic rings. The van der Waals surface area contributed by atoms with Crippen LogP contribution < -0.4 is 5.73 Å². The Kier molecular flexibility index (Phi) is 22.2. The van der Waals surface area contributed by atoms with Crippen LogP contribution in [0.25, 0.3) is 0 Å². The highest BCUT2D eigenvalue weighted by Gasteiger charge is 2.13. The number of unbranched alkanes of at least 4 members (excludes halogenated alkanes) is 1. The molecule has 0 fully saturated rings. The second-order valence-electron chi connectivity index (χ2n) is 4.31. The van der Waals surface area contributed by atoms with Crippen LogP contribution in [0.4, 0.5) is 0 Å². The van der Waals surface area contributed by atoms with Gasteiger partial charge in [-0.15, -0.1) is 6.58 Å². The van der Waals surface area contributed by atoms with Crippen molar-refractivity contribution in [3.8, 4) is 0 Å². The highest BCUT2D eigenvalue weighted by atomic mass is 14.6.